The van der Waals surface area contributed by atoms with E-state index in [0.717, 1.165) is 44.9 Å². The van der Waals surface area contributed by atoms with Crippen LogP contribution < -0.4 is 5.32 Å². The summed E-state index contributed by atoms with van der Waals surface area (Å²) in [4.78, 5) is 13.5. The maximum Gasteiger partial charge on any atom is 0.220 e. The lowest BCUT2D eigenvalue weighted by Gasteiger charge is -2.48. The maximum absolute atomic E-state index is 13.5. The van der Waals surface area contributed by atoms with Crippen LogP contribution in [0.4, 0.5) is 0 Å². The Labute approximate surface area is 612 Å². The Bertz CT molecular complexity index is 1960. The van der Waals surface area contributed by atoms with Crippen LogP contribution in [0.15, 0.2) is 36.5 Å². The predicted molar refractivity (Wildman–Crippen MR) is 402 cm³/mol. The van der Waals surface area contributed by atoms with E-state index in [4.69, 9.17) is 28.4 Å². The first kappa shape index (κ1) is 93.2. The van der Waals surface area contributed by atoms with Gasteiger partial charge >= 0.3 is 0 Å². The van der Waals surface area contributed by atoms with Crippen LogP contribution in [0, 0.1) is 0 Å². The summed E-state index contributed by atoms with van der Waals surface area (Å²) in [6, 6.07) is -0.996. The quantitative estimate of drug-likeness (QED) is 0.0199. The topological polar surface area (TPSA) is 307 Å². The van der Waals surface area contributed by atoms with Crippen molar-refractivity contribution < 1.29 is 89.4 Å². The molecule has 101 heavy (non-hydrogen) atoms. The van der Waals surface area contributed by atoms with Crippen molar-refractivity contribution in [1.82, 2.24) is 5.32 Å². The van der Waals surface area contributed by atoms with Crippen LogP contribution in [-0.2, 0) is 33.2 Å². The minimum atomic E-state index is -1.98. The average molecular weight is 1440 g/mol. The molecule has 3 aliphatic heterocycles. The molecule has 0 aromatic carbocycles. The van der Waals surface area contributed by atoms with E-state index in [9.17, 15) is 61.0 Å². The van der Waals surface area contributed by atoms with Crippen LogP contribution >= 0.6 is 0 Å². The van der Waals surface area contributed by atoms with Crippen LogP contribution in [0.2, 0.25) is 0 Å². The largest absolute Gasteiger partial charge is 0.394 e. The molecule has 0 aliphatic carbocycles. The number of hydrogen-bond acceptors (Lipinski definition) is 18. The molecule has 17 atom stereocenters. The average Bonchev–Trinajstić information content (AvgIpc) is 0.797. The second-order valence-electron chi connectivity index (χ2n) is 29.9. The van der Waals surface area contributed by atoms with E-state index in [0.29, 0.717) is 12.8 Å². The van der Waals surface area contributed by atoms with Crippen LogP contribution in [0.3, 0.4) is 0 Å². The van der Waals surface area contributed by atoms with E-state index in [-0.39, 0.29) is 18.9 Å². The molecule has 0 spiro atoms. The van der Waals surface area contributed by atoms with Gasteiger partial charge in [-0.1, -0.05) is 333 Å². The molecule has 0 saturated carbocycles. The number of aliphatic hydroxyl groups excluding tert-OH is 11. The van der Waals surface area contributed by atoms with Crippen molar-refractivity contribution >= 4 is 5.91 Å². The number of nitrogens with one attached hydrogen (secondary N) is 1. The molecule has 594 valence electrons. The van der Waals surface area contributed by atoms with Gasteiger partial charge in [0.1, 0.15) is 73.2 Å². The lowest BCUT2D eigenvalue weighted by Crippen LogP contribution is -2.66. The molecule has 0 bridgehead atoms. The van der Waals surface area contributed by atoms with Gasteiger partial charge in [-0.2, -0.15) is 0 Å². The zero-order chi connectivity index (χ0) is 73.2. The SMILES string of the molecule is CCCCCCCCCCCCCCCCCCCCCCC/C=C/CC/C=C/CC/C=C/C(O)C(COC1OC(CO)C(OC2OC(CO)C(OC3OC(CO)C(O)C(O)C3O)C(O)C2O)C(O)C1O)NC(=O)CCCCCCCCCCCCCCCCCCCCCCCCCCC. The summed E-state index contributed by atoms with van der Waals surface area (Å²) in [7, 11) is 0. The molecule has 0 radical (unpaired) electrons. The number of carbonyl (C=O) groups excluding carboxylic acids is 1. The fourth-order valence-electron chi connectivity index (χ4n) is 14.2. The first-order chi connectivity index (χ1) is 49.3. The third-order valence-electron chi connectivity index (χ3n) is 20.9. The summed E-state index contributed by atoms with van der Waals surface area (Å²) >= 11 is 0. The summed E-state index contributed by atoms with van der Waals surface area (Å²) in [6.45, 7) is 1.77. The molecule has 19 heteroatoms. The Morgan fingerprint density at radius 1 is 0.347 bits per heavy atom. The number of allylic oxidation sites excluding steroid dienone is 5. The monoisotopic (exact) mass is 1440 g/mol. The van der Waals surface area contributed by atoms with Gasteiger partial charge in [0.25, 0.3) is 0 Å². The fraction of sp³-hybridized carbons (Fsp3) is 0.915. The second-order valence-corrected chi connectivity index (χ2v) is 29.9. The zero-order valence-corrected chi connectivity index (χ0v) is 63.7. The number of carbonyl (C=O) groups is 1. The van der Waals surface area contributed by atoms with Crippen molar-refractivity contribution in [3.8, 4) is 0 Å². The maximum atomic E-state index is 13.5. The molecule has 0 aromatic heterocycles. The van der Waals surface area contributed by atoms with Gasteiger partial charge in [-0.3, -0.25) is 4.79 Å². The molecule has 17 unspecified atom stereocenters. The number of rotatable bonds is 67. The Hall–Kier alpha value is -1.99. The van der Waals surface area contributed by atoms with E-state index in [2.05, 4.69) is 43.5 Å². The number of hydrogen-bond donors (Lipinski definition) is 12. The molecule has 0 aromatic rings. The van der Waals surface area contributed by atoms with Crippen molar-refractivity contribution in [1.29, 1.82) is 0 Å². The van der Waals surface area contributed by atoms with Gasteiger partial charge in [-0.25, -0.2) is 0 Å². The smallest absolute Gasteiger partial charge is 0.220 e. The molecule has 19 nitrogen and oxygen atoms in total. The normalized spacial score (nSPS) is 26.4. The van der Waals surface area contributed by atoms with Crippen molar-refractivity contribution in [2.24, 2.45) is 0 Å². The Morgan fingerprint density at radius 2 is 0.634 bits per heavy atom. The van der Waals surface area contributed by atoms with E-state index in [1.807, 2.05) is 6.08 Å². The van der Waals surface area contributed by atoms with E-state index in [1.165, 1.54) is 270 Å². The van der Waals surface area contributed by atoms with Gasteiger partial charge < -0.3 is 89.9 Å². The van der Waals surface area contributed by atoms with Crippen molar-refractivity contribution in [3.05, 3.63) is 36.5 Å². The molecular weight excluding hydrogens is 1290 g/mol. The highest BCUT2D eigenvalue weighted by Crippen LogP contribution is 2.33. The number of ether oxygens (including phenoxy) is 6. The summed E-state index contributed by atoms with van der Waals surface area (Å²) in [5.41, 5.74) is 0. The number of unbranched alkanes of at least 4 members (excludes halogenated alkanes) is 47. The third-order valence-corrected chi connectivity index (χ3v) is 20.9. The summed E-state index contributed by atoms with van der Waals surface area (Å²) in [5, 5.41) is 121. The van der Waals surface area contributed by atoms with E-state index < -0.39 is 124 Å². The number of amides is 1. The highest BCUT2D eigenvalue weighted by Gasteiger charge is 2.54. The molecule has 3 heterocycles. The lowest BCUT2D eigenvalue weighted by molar-refractivity contribution is -0.379. The zero-order valence-electron chi connectivity index (χ0n) is 63.7. The second kappa shape index (κ2) is 63.0. The molecular formula is C82H153NO18. The first-order valence-corrected chi connectivity index (χ1v) is 41.7. The van der Waals surface area contributed by atoms with Crippen molar-refractivity contribution in [3.63, 3.8) is 0 Å². The Balaban J connectivity index is 1.38. The molecule has 3 rings (SSSR count). The lowest BCUT2D eigenvalue weighted by atomic mass is 9.96. The number of aliphatic hydroxyl groups is 11. The van der Waals surface area contributed by atoms with Crippen LogP contribution in [0.1, 0.15) is 348 Å². The summed E-state index contributed by atoms with van der Waals surface area (Å²) in [6.07, 6.45) is 51.5. The Morgan fingerprint density at radius 3 is 0.990 bits per heavy atom. The molecule has 12 N–H and O–H groups in total. The van der Waals surface area contributed by atoms with Gasteiger partial charge in [-0.05, 0) is 44.9 Å². The van der Waals surface area contributed by atoms with Gasteiger partial charge in [-0.15, -0.1) is 0 Å². The van der Waals surface area contributed by atoms with Crippen LogP contribution in [0.5, 0.6) is 0 Å². The van der Waals surface area contributed by atoms with Gasteiger partial charge in [0.05, 0.1) is 38.6 Å². The molecule has 1 amide bonds. The predicted octanol–water partition coefficient (Wildman–Crippen LogP) is 14.3. The summed E-state index contributed by atoms with van der Waals surface area (Å²) < 4.78 is 34.4. The van der Waals surface area contributed by atoms with E-state index in [1.54, 1.807) is 6.08 Å². The first-order valence-electron chi connectivity index (χ1n) is 41.7. The van der Waals surface area contributed by atoms with E-state index >= 15 is 0 Å². The molecule has 3 fully saturated rings. The summed E-state index contributed by atoms with van der Waals surface area (Å²) in [5.74, 6) is -0.282. The van der Waals surface area contributed by atoms with Crippen LogP contribution in [-0.4, -0.2) is 193 Å². The van der Waals surface area contributed by atoms with Gasteiger partial charge in [0.15, 0.2) is 18.9 Å². The fourth-order valence-corrected chi connectivity index (χ4v) is 14.2. The minimum Gasteiger partial charge on any atom is -0.394 e. The molecule has 3 saturated heterocycles. The van der Waals surface area contributed by atoms with Crippen molar-refractivity contribution in [2.75, 3.05) is 26.4 Å². The minimum absolute atomic E-state index is 0.236. The highest BCUT2D eigenvalue weighted by atomic mass is 16.8. The highest BCUT2D eigenvalue weighted by molar-refractivity contribution is 5.76. The molecule has 3 aliphatic rings. The third kappa shape index (κ3) is 43.0. The van der Waals surface area contributed by atoms with Gasteiger partial charge in [0, 0.05) is 6.42 Å². The Kier molecular flexibility index (Phi) is 58.1. The van der Waals surface area contributed by atoms with Crippen LogP contribution in [0.25, 0.3) is 0 Å². The standard InChI is InChI=1S/C82H153NO18/c1-3-5-7-9-11-13-15-17-19-21-23-25-27-29-30-31-32-33-34-36-37-39-41-43-45-47-49-51-53-55-57-59-66(87)65(83-70(88)60-58-56-54-52-50-48-46-44-42-40-38-35-28-26-24-22-20-18-16-14-12-10-8-6-4-2)64-96-80-76(94)73(91)78(68(62-85)98-80)101-82-77(95)74(92)79(69(63-86)99-82)100-81-75(93)72(90)71(89)67(61-84)97-81/h41,43,49,51,57,59,65-69,71-82,84-87,89-95H,3-40,42,44-48,50,52-56,58,60-64H2,1-2H3,(H,83,88)/b43-41+,51-49+,59-57+. The van der Waals surface area contributed by atoms with Gasteiger partial charge in [0.2, 0.25) is 5.91 Å². The van der Waals surface area contributed by atoms with Crippen molar-refractivity contribution in [2.45, 2.75) is 452 Å².